The zero-order chi connectivity index (χ0) is 20.9. The molecule has 164 valence electrons. The van der Waals surface area contributed by atoms with Gasteiger partial charge in [0, 0.05) is 6.42 Å². The van der Waals surface area contributed by atoms with Crippen LogP contribution in [-0.2, 0) is 9.53 Å². The first kappa shape index (κ1) is 23.8. The number of rotatable bonds is 13. The van der Waals surface area contributed by atoms with Crippen LogP contribution in [0, 0.1) is 5.92 Å². The van der Waals surface area contributed by atoms with E-state index < -0.39 is 0 Å². The highest BCUT2D eigenvalue weighted by molar-refractivity contribution is 5.69. The van der Waals surface area contributed by atoms with Gasteiger partial charge >= 0.3 is 5.97 Å². The van der Waals surface area contributed by atoms with Crippen molar-refractivity contribution in [2.24, 2.45) is 5.92 Å². The molecule has 0 bridgehead atoms. The summed E-state index contributed by atoms with van der Waals surface area (Å²) in [5, 5.41) is 0. The molecule has 0 aromatic heterocycles. The Hall–Kier alpha value is -1.51. The molecule has 0 spiro atoms. The van der Waals surface area contributed by atoms with Crippen LogP contribution in [0.1, 0.15) is 109 Å². The molecule has 0 saturated heterocycles. The molecule has 1 saturated carbocycles. The second-order valence-corrected chi connectivity index (χ2v) is 8.85. The van der Waals surface area contributed by atoms with Crippen LogP contribution < -0.4 is 4.74 Å². The molecule has 1 fully saturated rings. The Morgan fingerprint density at radius 2 is 1.62 bits per heavy atom. The number of ether oxygens (including phenoxy) is 2. The third-order valence-corrected chi connectivity index (χ3v) is 6.22. The summed E-state index contributed by atoms with van der Waals surface area (Å²) in [5.74, 6) is 2.40. The monoisotopic (exact) mass is 402 g/mol. The highest BCUT2D eigenvalue weighted by atomic mass is 16.6. The third-order valence-electron chi connectivity index (χ3n) is 6.22. The summed E-state index contributed by atoms with van der Waals surface area (Å²) in [4.78, 5) is 11.8. The van der Waals surface area contributed by atoms with E-state index in [0.717, 1.165) is 30.9 Å². The first-order valence-electron chi connectivity index (χ1n) is 12.0. The minimum atomic E-state index is -0.216. The van der Waals surface area contributed by atoms with E-state index in [1.807, 2.05) is 6.92 Å². The number of hydrogen-bond acceptors (Lipinski definition) is 3. The van der Waals surface area contributed by atoms with E-state index in [9.17, 15) is 4.79 Å². The average Bonchev–Trinajstić information content (AvgIpc) is 2.73. The van der Waals surface area contributed by atoms with Gasteiger partial charge in [-0.2, -0.15) is 0 Å². The van der Waals surface area contributed by atoms with Gasteiger partial charge in [-0.05, 0) is 68.6 Å². The zero-order valence-electron chi connectivity index (χ0n) is 19.0. The molecule has 0 radical (unpaired) electrons. The topological polar surface area (TPSA) is 35.5 Å². The molecular formula is C26H42O3. The molecule has 1 aliphatic carbocycles. The Morgan fingerprint density at radius 3 is 2.28 bits per heavy atom. The lowest BCUT2D eigenvalue weighted by atomic mass is 9.77. The van der Waals surface area contributed by atoms with Crippen LogP contribution >= 0.6 is 0 Å². The lowest BCUT2D eigenvalue weighted by Crippen LogP contribution is -2.21. The van der Waals surface area contributed by atoms with Crippen molar-refractivity contribution in [1.29, 1.82) is 0 Å². The molecule has 0 amide bonds. The minimum absolute atomic E-state index is 0.116. The fraction of sp³-hybridized carbons (Fsp3) is 0.731. The predicted octanol–water partition coefficient (Wildman–Crippen LogP) is 7.43. The van der Waals surface area contributed by atoms with Crippen molar-refractivity contribution in [1.82, 2.24) is 0 Å². The Kier molecular flexibility index (Phi) is 11.2. The van der Waals surface area contributed by atoms with Crippen molar-refractivity contribution >= 4 is 5.97 Å². The van der Waals surface area contributed by atoms with Gasteiger partial charge in [-0.25, -0.2) is 0 Å². The summed E-state index contributed by atoms with van der Waals surface area (Å²) in [7, 11) is 0. The van der Waals surface area contributed by atoms with E-state index in [1.54, 1.807) is 0 Å². The van der Waals surface area contributed by atoms with Gasteiger partial charge in [0.25, 0.3) is 0 Å². The van der Waals surface area contributed by atoms with Crippen molar-refractivity contribution in [2.45, 2.75) is 110 Å². The van der Waals surface area contributed by atoms with Crippen LogP contribution in [-0.4, -0.2) is 18.7 Å². The summed E-state index contributed by atoms with van der Waals surface area (Å²) < 4.78 is 11.3. The van der Waals surface area contributed by atoms with Gasteiger partial charge in [0.05, 0.1) is 0 Å². The largest absolute Gasteiger partial charge is 0.490 e. The fourth-order valence-corrected chi connectivity index (χ4v) is 4.35. The first-order chi connectivity index (χ1) is 14.1. The molecule has 3 heteroatoms. The Bertz CT molecular complexity index is 558. The van der Waals surface area contributed by atoms with Crippen molar-refractivity contribution in [3.05, 3.63) is 29.8 Å². The van der Waals surface area contributed by atoms with Gasteiger partial charge < -0.3 is 9.47 Å². The van der Waals surface area contributed by atoms with Crippen molar-refractivity contribution < 1.29 is 14.3 Å². The van der Waals surface area contributed by atoms with Crippen LogP contribution in [0.15, 0.2) is 24.3 Å². The quantitative estimate of drug-likeness (QED) is 0.254. The number of carbonyl (C=O) groups excluding carboxylic acids is 1. The van der Waals surface area contributed by atoms with Gasteiger partial charge in [-0.15, -0.1) is 0 Å². The highest BCUT2D eigenvalue weighted by Crippen LogP contribution is 2.38. The predicted molar refractivity (Wildman–Crippen MR) is 120 cm³/mol. The van der Waals surface area contributed by atoms with E-state index in [4.69, 9.17) is 9.47 Å². The van der Waals surface area contributed by atoms with Crippen LogP contribution in [0.25, 0.3) is 0 Å². The van der Waals surface area contributed by atoms with Gasteiger partial charge in [0.1, 0.15) is 18.5 Å². The standard InChI is InChI=1S/C26H42O3/c1-4-6-8-10-22-12-14-23(15-13-22)24-16-18-25(19-17-24)28-20-21(3)29-26(27)11-9-7-5-2/h16-19,21-23H,4-15,20H2,1-3H3. The number of carbonyl (C=O) groups is 1. The molecule has 3 nitrogen and oxygen atoms in total. The summed E-state index contributed by atoms with van der Waals surface area (Å²) in [6, 6.07) is 8.58. The third kappa shape index (κ3) is 9.23. The van der Waals surface area contributed by atoms with Gasteiger partial charge in [0.2, 0.25) is 0 Å². The molecule has 1 aliphatic rings. The zero-order valence-corrected chi connectivity index (χ0v) is 19.0. The Balaban J connectivity index is 1.67. The van der Waals surface area contributed by atoms with Gasteiger partial charge in [0.15, 0.2) is 0 Å². The van der Waals surface area contributed by atoms with Crippen molar-refractivity contribution in [3.63, 3.8) is 0 Å². The molecule has 1 atom stereocenters. The first-order valence-corrected chi connectivity index (χ1v) is 12.0. The van der Waals surface area contributed by atoms with E-state index in [1.165, 1.54) is 56.9 Å². The van der Waals surface area contributed by atoms with E-state index in [0.29, 0.717) is 18.9 Å². The number of benzene rings is 1. The smallest absolute Gasteiger partial charge is 0.306 e. The number of unbranched alkanes of at least 4 members (excludes halogenated alkanes) is 4. The van der Waals surface area contributed by atoms with Crippen LogP contribution in [0.2, 0.25) is 0 Å². The molecular weight excluding hydrogens is 360 g/mol. The van der Waals surface area contributed by atoms with Crippen LogP contribution in [0.3, 0.4) is 0 Å². The summed E-state index contributed by atoms with van der Waals surface area (Å²) >= 11 is 0. The average molecular weight is 403 g/mol. The maximum absolute atomic E-state index is 11.8. The van der Waals surface area contributed by atoms with Crippen molar-refractivity contribution in [3.8, 4) is 5.75 Å². The Labute approximate surface area is 178 Å². The van der Waals surface area contributed by atoms with E-state index >= 15 is 0 Å². The number of hydrogen-bond donors (Lipinski definition) is 0. The van der Waals surface area contributed by atoms with Crippen LogP contribution in [0.4, 0.5) is 0 Å². The molecule has 1 aromatic carbocycles. The second kappa shape index (κ2) is 13.7. The van der Waals surface area contributed by atoms with Gasteiger partial charge in [-0.1, -0.05) is 64.5 Å². The number of esters is 1. The molecule has 2 rings (SSSR count). The minimum Gasteiger partial charge on any atom is -0.490 e. The lowest BCUT2D eigenvalue weighted by molar-refractivity contribution is -0.149. The van der Waals surface area contributed by atoms with E-state index in [2.05, 4.69) is 38.1 Å². The highest BCUT2D eigenvalue weighted by Gasteiger charge is 2.22. The summed E-state index contributed by atoms with van der Waals surface area (Å²) in [6.45, 7) is 6.71. The molecule has 1 aromatic rings. The van der Waals surface area contributed by atoms with Crippen LogP contribution in [0.5, 0.6) is 5.75 Å². The normalized spacial score (nSPS) is 20.2. The fourth-order valence-electron chi connectivity index (χ4n) is 4.35. The van der Waals surface area contributed by atoms with Crippen molar-refractivity contribution in [2.75, 3.05) is 6.61 Å². The van der Waals surface area contributed by atoms with E-state index in [-0.39, 0.29) is 12.1 Å². The summed E-state index contributed by atoms with van der Waals surface area (Å²) in [5.41, 5.74) is 1.44. The maximum atomic E-state index is 11.8. The molecule has 0 heterocycles. The molecule has 0 aliphatic heterocycles. The second-order valence-electron chi connectivity index (χ2n) is 8.85. The summed E-state index contributed by atoms with van der Waals surface area (Å²) in [6.07, 6.45) is 14.3. The maximum Gasteiger partial charge on any atom is 0.306 e. The Morgan fingerprint density at radius 1 is 0.966 bits per heavy atom. The SMILES string of the molecule is CCCCCC(=O)OC(C)COc1ccc(C2CCC(CCCCC)CC2)cc1. The molecule has 29 heavy (non-hydrogen) atoms. The van der Waals surface area contributed by atoms with Gasteiger partial charge in [-0.3, -0.25) is 4.79 Å². The molecule has 0 N–H and O–H groups in total. The molecule has 1 unspecified atom stereocenters. The lowest BCUT2D eigenvalue weighted by Gasteiger charge is -2.29.